The van der Waals surface area contributed by atoms with Crippen molar-refractivity contribution in [3.05, 3.63) is 64.8 Å². The fourth-order valence-corrected chi connectivity index (χ4v) is 1.91. The minimum atomic E-state index is -0.291. The molecule has 0 aliphatic carbocycles. The number of nitrogens with zero attached hydrogens (tertiary/aromatic N) is 4. The smallest absolute Gasteiger partial charge is 0.216 e. The van der Waals surface area contributed by atoms with Crippen LogP contribution >= 0.6 is 12.2 Å². The fourth-order valence-electron chi connectivity index (χ4n) is 1.73. The number of aromatic amines is 1. The lowest BCUT2D eigenvalue weighted by atomic mass is 10.2. The topological polar surface area (TPSA) is 58.9 Å². The third kappa shape index (κ3) is 2.92. The quantitative estimate of drug-likeness (QED) is 0.597. The van der Waals surface area contributed by atoms with Crippen LogP contribution in [-0.2, 0) is 0 Å². The third-order valence-corrected chi connectivity index (χ3v) is 3.00. The summed E-state index contributed by atoms with van der Waals surface area (Å²) in [6.07, 6.45) is 3.25. The Bertz CT molecular complexity index is 821. The monoisotopic (exact) mass is 299 g/mol. The first-order valence-electron chi connectivity index (χ1n) is 6.13. The van der Waals surface area contributed by atoms with Crippen molar-refractivity contribution in [2.75, 3.05) is 0 Å². The minimum absolute atomic E-state index is 0.291. The average molecular weight is 299 g/mol. The summed E-state index contributed by atoms with van der Waals surface area (Å²) in [7, 11) is 0. The number of H-pyrrole nitrogens is 1. The summed E-state index contributed by atoms with van der Waals surface area (Å²) in [6, 6.07) is 11.5. The van der Waals surface area contributed by atoms with Crippen molar-refractivity contribution >= 4 is 18.4 Å². The number of halogens is 1. The van der Waals surface area contributed by atoms with Gasteiger partial charge in [0, 0.05) is 6.20 Å². The molecule has 21 heavy (non-hydrogen) atoms. The molecular formula is C14H10FN5S. The number of hydrogen-bond acceptors (Lipinski definition) is 4. The summed E-state index contributed by atoms with van der Waals surface area (Å²) in [5.74, 6) is 0.222. The van der Waals surface area contributed by atoms with Crippen LogP contribution in [0, 0.1) is 10.6 Å². The van der Waals surface area contributed by atoms with Gasteiger partial charge in [-0.3, -0.25) is 4.98 Å². The molecule has 1 aromatic carbocycles. The van der Waals surface area contributed by atoms with E-state index in [-0.39, 0.29) is 5.82 Å². The van der Waals surface area contributed by atoms with E-state index in [9.17, 15) is 4.39 Å². The SMILES string of the molecule is Fc1ccc(C=Nn2c(-c3ccccn3)n[nH]c2=S)cc1. The predicted molar refractivity (Wildman–Crippen MR) is 80.0 cm³/mol. The Balaban J connectivity index is 1.98. The number of pyridine rings is 1. The van der Waals surface area contributed by atoms with Gasteiger partial charge in [-0.2, -0.15) is 14.9 Å². The summed E-state index contributed by atoms with van der Waals surface area (Å²) in [5, 5.41) is 11.1. The van der Waals surface area contributed by atoms with E-state index in [2.05, 4.69) is 20.3 Å². The predicted octanol–water partition coefficient (Wildman–Crippen LogP) is 3.02. The van der Waals surface area contributed by atoms with E-state index in [1.807, 2.05) is 18.2 Å². The Labute approximate surface area is 124 Å². The maximum atomic E-state index is 12.9. The maximum absolute atomic E-state index is 12.9. The van der Waals surface area contributed by atoms with Crippen molar-refractivity contribution in [3.63, 3.8) is 0 Å². The van der Waals surface area contributed by atoms with Crippen LogP contribution in [0.5, 0.6) is 0 Å². The number of nitrogens with one attached hydrogen (secondary N) is 1. The fraction of sp³-hybridized carbons (Fsp3) is 0. The van der Waals surface area contributed by atoms with Crippen molar-refractivity contribution in [1.82, 2.24) is 19.9 Å². The van der Waals surface area contributed by atoms with Crippen LogP contribution in [0.15, 0.2) is 53.8 Å². The second-order valence-corrected chi connectivity index (χ2v) is 4.56. The first kappa shape index (κ1) is 13.3. The second kappa shape index (κ2) is 5.76. The Kier molecular flexibility index (Phi) is 3.65. The highest BCUT2D eigenvalue weighted by atomic mass is 32.1. The Hall–Kier alpha value is -2.67. The molecule has 0 aliphatic rings. The van der Waals surface area contributed by atoms with Crippen LogP contribution in [0.3, 0.4) is 0 Å². The molecule has 0 spiro atoms. The van der Waals surface area contributed by atoms with Crippen LogP contribution in [0.4, 0.5) is 4.39 Å². The Morgan fingerprint density at radius 1 is 1.19 bits per heavy atom. The molecular weight excluding hydrogens is 289 g/mol. The molecule has 7 heteroatoms. The zero-order valence-electron chi connectivity index (χ0n) is 10.8. The van der Waals surface area contributed by atoms with Gasteiger partial charge in [0.05, 0.1) is 6.21 Å². The summed E-state index contributed by atoms with van der Waals surface area (Å²) >= 11 is 5.15. The van der Waals surface area contributed by atoms with Crippen LogP contribution in [0.2, 0.25) is 0 Å². The average Bonchev–Trinajstić information content (AvgIpc) is 2.89. The van der Waals surface area contributed by atoms with E-state index < -0.39 is 0 Å². The van der Waals surface area contributed by atoms with Gasteiger partial charge in [0.15, 0.2) is 0 Å². The van der Waals surface area contributed by atoms with Gasteiger partial charge in [0.1, 0.15) is 11.5 Å². The lowest BCUT2D eigenvalue weighted by Crippen LogP contribution is -1.96. The van der Waals surface area contributed by atoms with Gasteiger partial charge in [-0.1, -0.05) is 18.2 Å². The first-order chi connectivity index (χ1) is 10.2. The van der Waals surface area contributed by atoms with E-state index in [0.717, 1.165) is 5.56 Å². The lowest BCUT2D eigenvalue weighted by Gasteiger charge is -1.99. The normalized spacial score (nSPS) is 11.1. The summed E-state index contributed by atoms with van der Waals surface area (Å²) in [6.45, 7) is 0. The molecule has 1 N–H and O–H groups in total. The van der Waals surface area contributed by atoms with E-state index in [4.69, 9.17) is 12.2 Å². The minimum Gasteiger partial charge on any atom is -0.253 e. The highest BCUT2D eigenvalue weighted by Gasteiger charge is 2.08. The highest BCUT2D eigenvalue weighted by molar-refractivity contribution is 7.71. The van der Waals surface area contributed by atoms with E-state index in [0.29, 0.717) is 16.3 Å². The van der Waals surface area contributed by atoms with Crippen LogP contribution in [-0.4, -0.2) is 26.1 Å². The molecule has 104 valence electrons. The number of hydrogen-bond donors (Lipinski definition) is 1. The van der Waals surface area contributed by atoms with Crippen molar-refractivity contribution in [1.29, 1.82) is 0 Å². The molecule has 0 amide bonds. The van der Waals surface area contributed by atoms with Crippen LogP contribution in [0.25, 0.3) is 11.5 Å². The molecule has 0 saturated carbocycles. The van der Waals surface area contributed by atoms with Crippen molar-refractivity contribution in [3.8, 4) is 11.5 Å². The van der Waals surface area contributed by atoms with Gasteiger partial charge in [0.2, 0.25) is 10.6 Å². The van der Waals surface area contributed by atoms with E-state index in [1.54, 1.807) is 24.5 Å². The number of benzene rings is 1. The molecule has 0 fully saturated rings. The Morgan fingerprint density at radius 3 is 2.71 bits per heavy atom. The second-order valence-electron chi connectivity index (χ2n) is 4.18. The standard InChI is InChI=1S/C14H10FN5S/c15-11-6-4-10(5-7-11)9-17-20-13(18-19-14(20)21)12-3-1-2-8-16-12/h1-9H,(H,19,21). The molecule has 0 aliphatic heterocycles. The molecule has 0 bridgehead atoms. The highest BCUT2D eigenvalue weighted by Crippen LogP contribution is 2.13. The van der Waals surface area contributed by atoms with Crippen molar-refractivity contribution in [2.24, 2.45) is 5.10 Å². The van der Waals surface area contributed by atoms with Gasteiger partial charge in [-0.15, -0.1) is 0 Å². The van der Waals surface area contributed by atoms with Crippen molar-refractivity contribution < 1.29 is 4.39 Å². The van der Waals surface area contributed by atoms with Gasteiger partial charge in [-0.25, -0.2) is 9.49 Å². The van der Waals surface area contributed by atoms with E-state index in [1.165, 1.54) is 16.8 Å². The molecule has 0 atom stereocenters. The molecule has 5 nitrogen and oxygen atoms in total. The Morgan fingerprint density at radius 2 is 2.00 bits per heavy atom. The van der Waals surface area contributed by atoms with Gasteiger partial charge < -0.3 is 0 Å². The molecule has 3 aromatic rings. The largest absolute Gasteiger partial charge is 0.253 e. The first-order valence-corrected chi connectivity index (χ1v) is 6.53. The molecule has 2 aromatic heterocycles. The zero-order valence-corrected chi connectivity index (χ0v) is 11.6. The number of rotatable bonds is 3. The van der Waals surface area contributed by atoms with Gasteiger partial charge in [-0.05, 0) is 42.0 Å². The molecule has 0 saturated heterocycles. The molecule has 3 rings (SSSR count). The van der Waals surface area contributed by atoms with Crippen LogP contribution < -0.4 is 0 Å². The molecule has 0 radical (unpaired) electrons. The maximum Gasteiger partial charge on any atom is 0.216 e. The van der Waals surface area contributed by atoms with Crippen molar-refractivity contribution in [2.45, 2.75) is 0 Å². The van der Waals surface area contributed by atoms with Crippen LogP contribution in [0.1, 0.15) is 5.56 Å². The summed E-state index contributed by atoms with van der Waals surface area (Å²) < 4.78 is 14.7. The molecule has 0 unspecified atom stereocenters. The van der Waals surface area contributed by atoms with Gasteiger partial charge >= 0.3 is 0 Å². The van der Waals surface area contributed by atoms with E-state index >= 15 is 0 Å². The number of aromatic nitrogens is 4. The van der Waals surface area contributed by atoms with Gasteiger partial charge in [0.25, 0.3) is 0 Å². The lowest BCUT2D eigenvalue weighted by molar-refractivity contribution is 0.628. The third-order valence-electron chi connectivity index (χ3n) is 2.74. The summed E-state index contributed by atoms with van der Waals surface area (Å²) in [4.78, 5) is 4.22. The molecule has 2 heterocycles. The summed E-state index contributed by atoms with van der Waals surface area (Å²) in [5.41, 5.74) is 1.41. The zero-order chi connectivity index (χ0) is 14.7.